The summed E-state index contributed by atoms with van der Waals surface area (Å²) in [5.41, 5.74) is 11.4. The zero-order valence-corrected chi connectivity index (χ0v) is 43.7. The molecule has 0 bridgehead atoms. The van der Waals surface area contributed by atoms with Crippen LogP contribution >= 0.6 is 0 Å². The summed E-state index contributed by atoms with van der Waals surface area (Å²) in [6, 6.07) is 29.3. The Morgan fingerprint density at radius 1 is 0.543 bits per heavy atom. The molecule has 0 aliphatic carbocycles. The summed E-state index contributed by atoms with van der Waals surface area (Å²) in [6.45, 7) is 9.65. The summed E-state index contributed by atoms with van der Waals surface area (Å²) >= 11 is 0. The minimum atomic E-state index is -5.21. The van der Waals surface area contributed by atoms with Crippen LogP contribution in [-0.4, -0.2) is 85.1 Å². The van der Waals surface area contributed by atoms with Gasteiger partial charge in [-0.25, -0.2) is 6.57 Å². The molecule has 0 saturated heterocycles. The summed E-state index contributed by atoms with van der Waals surface area (Å²) in [5.74, 6) is -1.03. The number of hydrogen-bond donors (Lipinski definition) is 4. The molecule has 2 unspecified atom stereocenters. The maximum Gasteiger partial charge on any atom is 0.471 e. The molecular formula is C59H57F3N12O7. The Labute approximate surface area is 465 Å². The average Bonchev–Trinajstić information content (AvgIpc) is 3.58. The highest BCUT2D eigenvalue weighted by atomic mass is 19.4. The lowest BCUT2D eigenvalue weighted by molar-refractivity contribution is -0.189. The fourth-order valence-electron chi connectivity index (χ4n) is 7.84. The van der Waals surface area contributed by atoms with E-state index in [4.69, 9.17) is 31.3 Å². The van der Waals surface area contributed by atoms with Gasteiger partial charge in [-0.15, -0.1) is 0 Å². The summed E-state index contributed by atoms with van der Waals surface area (Å²) < 4.78 is 63.3. The molecule has 6 aromatic heterocycles. The van der Waals surface area contributed by atoms with Gasteiger partial charge in [0.15, 0.2) is 23.0 Å². The van der Waals surface area contributed by atoms with E-state index in [1.54, 1.807) is 67.9 Å². The molecule has 0 fully saturated rings. The molecule has 81 heavy (non-hydrogen) atoms. The number of fused-ring (bicyclic) bond motifs is 2. The van der Waals surface area contributed by atoms with E-state index in [1.165, 1.54) is 48.9 Å². The molecule has 2 aliphatic heterocycles. The number of amides is 3. The van der Waals surface area contributed by atoms with Gasteiger partial charge >= 0.3 is 12.1 Å². The van der Waals surface area contributed by atoms with E-state index in [2.05, 4.69) is 50.7 Å². The molecule has 2 atom stereocenters. The maximum absolute atomic E-state index is 13.7. The summed E-state index contributed by atoms with van der Waals surface area (Å²) in [5, 5.41) is 8.96. The van der Waals surface area contributed by atoms with Gasteiger partial charge in [0.1, 0.15) is 38.5 Å². The molecule has 0 spiro atoms. The minimum Gasteiger partial charge on any atom is -0.486 e. The van der Waals surface area contributed by atoms with Crippen LogP contribution < -0.4 is 40.6 Å². The van der Waals surface area contributed by atoms with E-state index >= 15 is 0 Å². The topological polar surface area (TPSA) is 235 Å². The molecule has 416 valence electrons. The minimum absolute atomic E-state index is 0.0109. The van der Waals surface area contributed by atoms with E-state index in [1.807, 2.05) is 66.7 Å². The van der Waals surface area contributed by atoms with Gasteiger partial charge in [-0.05, 0) is 124 Å². The van der Waals surface area contributed by atoms with E-state index in [9.17, 15) is 27.6 Å². The fraction of sp³-hybridized carbons (Fsp3) is 0.220. The SMILES string of the molecule is NCc1ccncc1.O=C(NCc1cccnc1)C(NCc1ccncc1)c1ccc2c(c1)OCCO2.O=C(NCc1cccnc1)C(c1ccc2c(c1)OCCO2)N(Cc1ccncc1)C(=O)C(F)(F)F.[C-]#[N+]Cc1cccnc1. The molecule has 8 aromatic rings. The van der Waals surface area contributed by atoms with Crippen LogP contribution in [0.15, 0.2) is 184 Å². The van der Waals surface area contributed by atoms with Crippen molar-refractivity contribution in [3.05, 3.63) is 239 Å². The number of carbonyl (C=O) groups is 3. The number of benzene rings is 2. The van der Waals surface area contributed by atoms with Crippen molar-refractivity contribution in [2.45, 2.75) is 57.5 Å². The van der Waals surface area contributed by atoms with Crippen LogP contribution in [0, 0.1) is 6.57 Å². The fourth-order valence-corrected chi connectivity index (χ4v) is 7.84. The van der Waals surface area contributed by atoms with Gasteiger partial charge in [-0.3, -0.25) is 49.6 Å². The van der Waals surface area contributed by atoms with Gasteiger partial charge in [-0.2, -0.15) is 13.2 Å². The molecule has 0 saturated carbocycles. The smallest absolute Gasteiger partial charge is 0.471 e. The number of rotatable bonds is 16. The van der Waals surface area contributed by atoms with Crippen molar-refractivity contribution in [1.29, 1.82) is 0 Å². The normalized spacial score (nSPS) is 12.5. The molecule has 22 heteroatoms. The zero-order valence-electron chi connectivity index (χ0n) is 43.7. The Kier molecular flexibility index (Phi) is 22.5. The lowest BCUT2D eigenvalue weighted by atomic mass is 10.0. The van der Waals surface area contributed by atoms with Crippen LogP contribution in [0.2, 0.25) is 0 Å². The average molecular weight is 1100 g/mol. The molecule has 8 heterocycles. The Hall–Kier alpha value is -9.85. The number of nitrogens with zero attached hydrogens (tertiary/aromatic N) is 8. The Morgan fingerprint density at radius 3 is 1.47 bits per heavy atom. The Balaban J connectivity index is 0.000000182. The van der Waals surface area contributed by atoms with Crippen LogP contribution in [0.5, 0.6) is 23.0 Å². The Bertz CT molecular complexity index is 3250. The number of aromatic nitrogens is 6. The first kappa shape index (κ1) is 58.8. The van der Waals surface area contributed by atoms with Gasteiger partial charge in [0.05, 0.1) is 0 Å². The van der Waals surface area contributed by atoms with E-state index < -0.39 is 36.6 Å². The molecular weight excluding hydrogens is 1050 g/mol. The predicted octanol–water partition coefficient (Wildman–Crippen LogP) is 7.63. The van der Waals surface area contributed by atoms with Crippen LogP contribution in [0.25, 0.3) is 4.85 Å². The number of alkyl halides is 3. The van der Waals surface area contributed by atoms with Gasteiger partial charge < -0.3 is 45.1 Å². The molecule has 5 N–H and O–H groups in total. The highest BCUT2D eigenvalue weighted by Gasteiger charge is 2.47. The zero-order chi connectivity index (χ0) is 57.1. The van der Waals surface area contributed by atoms with Crippen molar-refractivity contribution < 1.29 is 46.5 Å². The highest BCUT2D eigenvalue weighted by molar-refractivity contribution is 5.91. The monoisotopic (exact) mass is 1100 g/mol. The quantitative estimate of drug-likeness (QED) is 0.0681. The summed E-state index contributed by atoms with van der Waals surface area (Å²) in [6.07, 6.45) is 14.5. The molecule has 3 amide bonds. The van der Waals surface area contributed by atoms with E-state index in [0.29, 0.717) is 79.3 Å². The third-order valence-electron chi connectivity index (χ3n) is 11.8. The number of carbonyl (C=O) groups excluding carboxylic acids is 3. The first-order valence-corrected chi connectivity index (χ1v) is 25.3. The van der Waals surface area contributed by atoms with Crippen molar-refractivity contribution in [1.82, 2.24) is 50.8 Å². The molecule has 19 nitrogen and oxygen atoms in total. The van der Waals surface area contributed by atoms with Crippen LogP contribution in [0.1, 0.15) is 56.6 Å². The first-order valence-electron chi connectivity index (χ1n) is 25.3. The third-order valence-corrected chi connectivity index (χ3v) is 11.8. The Morgan fingerprint density at radius 2 is 1.00 bits per heavy atom. The number of hydrogen-bond acceptors (Lipinski definition) is 15. The highest BCUT2D eigenvalue weighted by Crippen LogP contribution is 2.37. The first-order chi connectivity index (χ1) is 39.5. The molecule has 0 radical (unpaired) electrons. The van der Waals surface area contributed by atoms with Crippen molar-refractivity contribution in [2.75, 3.05) is 26.4 Å². The number of nitrogens with one attached hydrogen (secondary N) is 3. The van der Waals surface area contributed by atoms with Crippen molar-refractivity contribution in [3.63, 3.8) is 0 Å². The van der Waals surface area contributed by atoms with Gasteiger partial charge in [0.2, 0.25) is 18.4 Å². The summed E-state index contributed by atoms with van der Waals surface area (Å²) in [7, 11) is 0. The third kappa shape index (κ3) is 18.7. The number of halogens is 3. The number of ether oxygens (including phenoxy) is 4. The maximum atomic E-state index is 13.7. The second kappa shape index (κ2) is 30.9. The lowest BCUT2D eigenvalue weighted by Gasteiger charge is -2.32. The predicted molar refractivity (Wildman–Crippen MR) is 291 cm³/mol. The molecule has 10 rings (SSSR count). The molecule has 2 aromatic carbocycles. The van der Waals surface area contributed by atoms with Crippen molar-refractivity contribution in [2.24, 2.45) is 5.73 Å². The van der Waals surface area contributed by atoms with Crippen molar-refractivity contribution >= 4 is 17.7 Å². The van der Waals surface area contributed by atoms with Gasteiger partial charge in [0.25, 0.3) is 0 Å². The van der Waals surface area contributed by atoms with Crippen molar-refractivity contribution in [3.8, 4) is 23.0 Å². The second-order valence-electron chi connectivity index (χ2n) is 17.6. The standard InChI is InChI=1S/C24H21F3N4O4.C22H22N4O3.C7H6N2.C6H8N2/c25-24(26,27)23(33)31(15-16-5-8-28-9-6-16)21(22(32)30-14-17-2-1-7-29-13-17)18-3-4-19-20(12-18)35-11-10-34-19;27-22(26-15-17-2-1-7-24-13-17)21(25-14-16-5-8-23-9-6-16)18-3-4-19-20(12-18)29-11-10-28-19;1-8-5-7-3-2-4-9-6-7;7-5-6-1-3-8-4-2-6/h1-9,12-13,21H,10-11,14-15H2,(H,30,32);1-9,12-13,21,25H,10-11,14-15H2,(H,26,27);2-4,6H,5H2;1-4H,5,7H2. The van der Waals surface area contributed by atoms with Crippen LogP contribution in [0.4, 0.5) is 13.2 Å². The van der Waals surface area contributed by atoms with E-state index in [-0.39, 0.29) is 30.4 Å². The molecule has 2 aliphatic rings. The second-order valence-corrected chi connectivity index (χ2v) is 17.6. The van der Waals surface area contributed by atoms with E-state index in [0.717, 1.165) is 27.8 Å². The number of pyridine rings is 6. The van der Waals surface area contributed by atoms with Crippen LogP contribution in [-0.2, 0) is 53.7 Å². The largest absolute Gasteiger partial charge is 0.486 e. The summed E-state index contributed by atoms with van der Waals surface area (Å²) in [4.78, 5) is 66.3. The lowest BCUT2D eigenvalue weighted by Crippen LogP contribution is -2.48. The van der Waals surface area contributed by atoms with Gasteiger partial charge in [0, 0.05) is 113 Å². The van der Waals surface area contributed by atoms with Gasteiger partial charge in [-0.1, -0.05) is 24.3 Å². The van der Waals surface area contributed by atoms with Crippen LogP contribution in [0.3, 0.4) is 0 Å². The number of nitrogens with two attached hydrogens (primary N) is 1.